The molecule has 0 aliphatic heterocycles. The number of alkyl halides is 3. The van der Waals surface area contributed by atoms with Gasteiger partial charge in [0, 0.05) is 0 Å². The molecule has 1 rings (SSSR count). The van der Waals surface area contributed by atoms with Crippen molar-refractivity contribution in [3.8, 4) is 0 Å². The molecular weight excluding hydrogens is 173 g/mol. The SMILES string of the molecule is C=C(C)n1nnc(C(F)(F)F)n1. The first-order valence-corrected chi connectivity index (χ1v) is 2.94. The Bertz CT molecular complexity index is 300. The number of halogens is 3. The van der Waals surface area contributed by atoms with Crippen LogP contribution in [0.25, 0.3) is 5.70 Å². The minimum Gasteiger partial charge on any atom is -0.163 e. The Morgan fingerprint density at radius 1 is 1.50 bits per heavy atom. The molecule has 0 saturated heterocycles. The Morgan fingerprint density at radius 3 is 2.33 bits per heavy atom. The first kappa shape index (κ1) is 8.69. The molecule has 0 saturated carbocycles. The highest BCUT2D eigenvalue weighted by atomic mass is 19.4. The highest BCUT2D eigenvalue weighted by molar-refractivity contribution is 5.32. The van der Waals surface area contributed by atoms with Gasteiger partial charge in [-0.05, 0) is 12.1 Å². The van der Waals surface area contributed by atoms with Crippen molar-refractivity contribution in [3.63, 3.8) is 0 Å². The Hall–Kier alpha value is -1.40. The molecule has 0 unspecified atom stereocenters. The smallest absolute Gasteiger partial charge is 0.163 e. The summed E-state index contributed by atoms with van der Waals surface area (Å²) in [6.45, 7) is 4.83. The Morgan fingerprint density at radius 2 is 2.08 bits per heavy atom. The molecule has 0 N–H and O–H groups in total. The molecule has 1 aromatic heterocycles. The third-order valence-electron chi connectivity index (χ3n) is 1.01. The van der Waals surface area contributed by atoms with Crippen LogP contribution < -0.4 is 0 Å². The van der Waals surface area contributed by atoms with Crippen LogP contribution in [0.4, 0.5) is 13.2 Å². The molecule has 66 valence electrons. The molecule has 0 amide bonds. The third-order valence-corrected chi connectivity index (χ3v) is 1.01. The van der Waals surface area contributed by atoms with E-state index in [1.807, 2.05) is 0 Å². The minimum atomic E-state index is -4.55. The molecule has 0 radical (unpaired) electrons. The Balaban J connectivity index is 3.00. The average Bonchev–Trinajstić information content (AvgIpc) is 2.30. The summed E-state index contributed by atoms with van der Waals surface area (Å²) in [6, 6.07) is 0. The van der Waals surface area contributed by atoms with Crippen molar-refractivity contribution in [2.75, 3.05) is 0 Å². The number of allylic oxidation sites excluding steroid dienone is 1. The highest BCUT2D eigenvalue weighted by Crippen LogP contribution is 2.24. The van der Waals surface area contributed by atoms with Crippen LogP contribution in [0.3, 0.4) is 0 Å². The van der Waals surface area contributed by atoms with E-state index in [4.69, 9.17) is 0 Å². The number of nitrogens with zero attached hydrogens (tertiary/aromatic N) is 4. The molecule has 0 aliphatic rings. The molecule has 0 fully saturated rings. The van der Waals surface area contributed by atoms with E-state index in [-0.39, 0.29) is 5.70 Å². The van der Waals surface area contributed by atoms with Gasteiger partial charge in [-0.3, -0.25) is 0 Å². The predicted molar refractivity (Wildman–Crippen MR) is 33.8 cm³/mol. The van der Waals surface area contributed by atoms with Crippen LogP contribution >= 0.6 is 0 Å². The zero-order chi connectivity index (χ0) is 9.35. The summed E-state index contributed by atoms with van der Waals surface area (Å²) in [5, 5.41) is 8.99. The van der Waals surface area contributed by atoms with Gasteiger partial charge in [0.05, 0.1) is 5.70 Å². The largest absolute Gasteiger partial charge is 0.455 e. The molecule has 0 aliphatic carbocycles. The van der Waals surface area contributed by atoms with E-state index < -0.39 is 12.0 Å². The van der Waals surface area contributed by atoms with Gasteiger partial charge in [-0.15, -0.1) is 15.0 Å². The Labute approximate surface area is 65.7 Å². The van der Waals surface area contributed by atoms with E-state index in [1.54, 1.807) is 0 Å². The topological polar surface area (TPSA) is 43.6 Å². The molecule has 1 aromatic rings. The maximum Gasteiger partial charge on any atom is 0.455 e. The van der Waals surface area contributed by atoms with Crippen LogP contribution in [0.15, 0.2) is 6.58 Å². The fourth-order valence-electron chi connectivity index (χ4n) is 0.490. The Kier molecular flexibility index (Phi) is 1.87. The summed E-state index contributed by atoms with van der Waals surface area (Å²) < 4.78 is 35.6. The van der Waals surface area contributed by atoms with Crippen LogP contribution in [0.2, 0.25) is 0 Å². The minimum absolute atomic E-state index is 0.276. The fraction of sp³-hybridized carbons (Fsp3) is 0.400. The zero-order valence-electron chi connectivity index (χ0n) is 6.13. The molecule has 7 heteroatoms. The van der Waals surface area contributed by atoms with E-state index in [9.17, 15) is 13.2 Å². The lowest BCUT2D eigenvalue weighted by Crippen LogP contribution is -2.08. The van der Waals surface area contributed by atoms with Crippen molar-refractivity contribution in [2.24, 2.45) is 0 Å². The van der Waals surface area contributed by atoms with Crippen LogP contribution in [0, 0.1) is 0 Å². The maximum absolute atomic E-state index is 11.9. The number of rotatable bonds is 1. The normalized spacial score (nSPS) is 11.7. The van der Waals surface area contributed by atoms with E-state index in [2.05, 4.69) is 22.0 Å². The van der Waals surface area contributed by atoms with Crippen molar-refractivity contribution in [1.29, 1.82) is 0 Å². The van der Waals surface area contributed by atoms with Crippen molar-refractivity contribution >= 4 is 5.70 Å². The first-order valence-electron chi connectivity index (χ1n) is 2.94. The molecule has 0 atom stereocenters. The summed E-state index contributed by atoms with van der Waals surface area (Å²) in [5.41, 5.74) is 0.276. The summed E-state index contributed by atoms with van der Waals surface area (Å²) in [7, 11) is 0. The molecule has 4 nitrogen and oxygen atoms in total. The van der Waals surface area contributed by atoms with E-state index in [0.29, 0.717) is 0 Å². The monoisotopic (exact) mass is 178 g/mol. The summed E-state index contributed by atoms with van der Waals surface area (Å²) >= 11 is 0. The average molecular weight is 178 g/mol. The van der Waals surface area contributed by atoms with Gasteiger partial charge in [0.15, 0.2) is 0 Å². The van der Waals surface area contributed by atoms with Gasteiger partial charge >= 0.3 is 6.18 Å². The van der Waals surface area contributed by atoms with Crippen LogP contribution in [-0.4, -0.2) is 20.2 Å². The fourth-order valence-corrected chi connectivity index (χ4v) is 0.490. The number of aromatic nitrogens is 4. The summed E-state index contributed by atoms with van der Waals surface area (Å²) in [4.78, 5) is 0.725. The molecule has 0 bridgehead atoms. The van der Waals surface area contributed by atoms with Gasteiger partial charge in [0.2, 0.25) is 0 Å². The van der Waals surface area contributed by atoms with Crippen LogP contribution in [-0.2, 0) is 6.18 Å². The van der Waals surface area contributed by atoms with E-state index >= 15 is 0 Å². The lowest BCUT2D eigenvalue weighted by Gasteiger charge is -1.97. The first-order chi connectivity index (χ1) is 5.41. The summed E-state index contributed by atoms with van der Waals surface area (Å²) in [5.74, 6) is -1.26. The predicted octanol–water partition coefficient (Wildman–Crippen LogP) is 1.18. The quantitative estimate of drug-likeness (QED) is 0.648. The van der Waals surface area contributed by atoms with Crippen molar-refractivity contribution in [2.45, 2.75) is 13.1 Å². The third kappa shape index (κ3) is 1.60. The van der Waals surface area contributed by atoms with Gasteiger partial charge in [0.1, 0.15) is 0 Å². The molecule has 12 heavy (non-hydrogen) atoms. The second-order valence-corrected chi connectivity index (χ2v) is 2.14. The maximum atomic E-state index is 11.9. The number of hydrogen-bond donors (Lipinski definition) is 0. The van der Waals surface area contributed by atoms with Crippen LogP contribution in [0.5, 0.6) is 0 Å². The van der Waals surface area contributed by atoms with E-state index in [0.717, 1.165) is 4.80 Å². The standard InChI is InChI=1S/C5H5F3N4/c1-3(2)12-10-4(9-11-12)5(6,7)8/h1H2,2H3. The van der Waals surface area contributed by atoms with E-state index in [1.165, 1.54) is 6.92 Å². The van der Waals surface area contributed by atoms with Gasteiger partial charge in [-0.25, -0.2) is 0 Å². The number of tetrazole rings is 1. The zero-order valence-corrected chi connectivity index (χ0v) is 6.13. The van der Waals surface area contributed by atoms with Crippen molar-refractivity contribution < 1.29 is 13.2 Å². The lowest BCUT2D eigenvalue weighted by atomic mass is 10.6. The molecule has 0 aromatic carbocycles. The molecule has 0 spiro atoms. The van der Waals surface area contributed by atoms with Gasteiger partial charge in [0.25, 0.3) is 5.82 Å². The second-order valence-electron chi connectivity index (χ2n) is 2.14. The van der Waals surface area contributed by atoms with Crippen molar-refractivity contribution in [3.05, 3.63) is 12.4 Å². The highest BCUT2D eigenvalue weighted by Gasteiger charge is 2.36. The summed E-state index contributed by atoms with van der Waals surface area (Å²) in [6.07, 6.45) is -4.55. The van der Waals surface area contributed by atoms with Gasteiger partial charge in [-0.1, -0.05) is 6.58 Å². The van der Waals surface area contributed by atoms with Gasteiger partial charge < -0.3 is 0 Å². The second kappa shape index (κ2) is 2.58. The van der Waals surface area contributed by atoms with Crippen LogP contribution in [0.1, 0.15) is 12.7 Å². The lowest BCUT2D eigenvalue weighted by molar-refractivity contribution is -0.145. The molecular formula is C5H5F3N4. The number of hydrogen-bond acceptors (Lipinski definition) is 3. The van der Waals surface area contributed by atoms with Gasteiger partial charge in [-0.2, -0.15) is 13.2 Å². The van der Waals surface area contributed by atoms with Crippen molar-refractivity contribution in [1.82, 2.24) is 20.2 Å². The molecule has 1 heterocycles.